The Morgan fingerprint density at radius 2 is 1.70 bits per heavy atom. The molecule has 0 radical (unpaired) electrons. The number of hydrogen-bond acceptors (Lipinski definition) is 6. The molecule has 158 valence electrons. The van der Waals surface area contributed by atoms with Gasteiger partial charge in [-0.3, -0.25) is 14.5 Å². The van der Waals surface area contributed by atoms with E-state index in [0.29, 0.717) is 42.6 Å². The number of fused-ring (bicyclic) bond motifs is 1. The molecule has 0 bridgehead atoms. The Bertz CT molecular complexity index is 974. The number of benzene rings is 2. The molecular formula is C23H26N2O5. The van der Waals surface area contributed by atoms with Gasteiger partial charge in [0.05, 0.1) is 39.0 Å². The van der Waals surface area contributed by atoms with E-state index >= 15 is 0 Å². The predicted octanol–water partition coefficient (Wildman–Crippen LogP) is 2.79. The van der Waals surface area contributed by atoms with Crippen LogP contribution in [-0.4, -0.2) is 50.1 Å². The second-order valence-electron chi connectivity index (χ2n) is 7.38. The molecule has 2 aliphatic heterocycles. The number of carbonyl (C=O) groups is 2. The van der Waals surface area contributed by atoms with Crippen LogP contribution in [0, 0.1) is 0 Å². The summed E-state index contributed by atoms with van der Waals surface area (Å²) in [5, 5.41) is 0. The normalized spacial score (nSPS) is 19.0. The van der Waals surface area contributed by atoms with Gasteiger partial charge in [-0.15, -0.1) is 0 Å². The monoisotopic (exact) mass is 410 g/mol. The molecule has 1 saturated heterocycles. The lowest BCUT2D eigenvalue weighted by Gasteiger charge is -2.32. The summed E-state index contributed by atoms with van der Waals surface area (Å²) in [6.07, 6.45) is 0.950. The molecule has 30 heavy (non-hydrogen) atoms. The molecule has 0 saturated carbocycles. The molecule has 0 unspecified atom stereocenters. The van der Waals surface area contributed by atoms with Crippen LogP contribution in [0.5, 0.6) is 17.2 Å². The number of nitrogens with zero attached hydrogens (tertiary/aromatic N) is 2. The summed E-state index contributed by atoms with van der Waals surface area (Å²) in [7, 11) is 3.23. The lowest BCUT2D eigenvalue weighted by molar-refractivity contribution is -0.123. The number of imide groups is 1. The van der Waals surface area contributed by atoms with Crippen LogP contribution >= 0.6 is 0 Å². The van der Waals surface area contributed by atoms with E-state index in [4.69, 9.17) is 14.2 Å². The first kappa shape index (κ1) is 20.2. The Labute approximate surface area is 176 Å². The van der Waals surface area contributed by atoms with Crippen LogP contribution in [0.3, 0.4) is 0 Å². The molecule has 2 amide bonds. The summed E-state index contributed by atoms with van der Waals surface area (Å²) in [5.41, 5.74) is 2.78. The predicted molar refractivity (Wildman–Crippen MR) is 112 cm³/mol. The molecular weight excluding hydrogens is 384 g/mol. The highest BCUT2D eigenvalue weighted by molar-refractivity contribution is 6.23. The fraction of sp³-hybridized carbons (Fsp3) is 0.391. The van der Waals surface area contributed by atoms with Crippen molar-refractivity contribution in [3.05, 3.63) is 47.5 Å². The molecule has 7 heteroatoms. The SMILES string of the molecule is CCOc1ccccc1N1C(=O)C[C@H](N2CCc3cc(OC)c(OC)cc3C2)C1=O. The van der Waals surface area contributed by atoms with Gasteiger partial charge in [0.1, 0.15) is 5.75 Å². The highest BCUT2D eigenvalue weighted by atomic mass is 16.5. The second-order valence-corrected chi connectivity index (χ2v) is 7.38. The van der Waals surface area contributed by atoms with Gasteiger partial charge >= 0.3 is 0 Å². The molecule has 0 N–H and O–H groups in total. The maximum Gasteiger partial charge on any atom is 0.251 e. The van der Waals surface area contributed by atoms with Gasteiger partial charge in [0, 0.05) is 13.1 Å². The average molecular weight is 410 g/mol. The number of para-hydroxylation sites is 2. The molecule has 1 atom stereocenters. The van der Waals surface area contributed by atoms with Crippen LogP contribution in [0.2, 0.25) is 0 Å². The Hall–Kier alpha value is -3.06. The quantitative estimate of drug-likeness (QED) is 0.683. The van der Waals surface area contributed by atoms with Gasteiger partial charge in [0.2, 0.25) is 5.91 Å². The third kappa shape index (κ3) is 3.50. The van der Waals surface area contributed by atoms with E-state index in [2.05, 4.69) is 4.90 Å². The summed E-state index contributed by atoms with van der Waals surface area (Å²) in [5.74, 6) is 1.52. The van der Waals surface area contributed by atoms with Gasteiger partial charge in [-0.05, 0) is 48.7 Å². The van der Waals surface area contributed by atoms with E-state index in [-0.39, 0.29) is 18.2 Å². The number of ether oxygens (including phenoxy) is 3. The first-order chi connectivity index (χ1) is 14.6. The zero-order valence-corrected chi connectivity index (χ0v) is 17.5. The zero-order chi connectivity index (χ0) is 21.3. The largest absolute Gasteiger partial charge is 0.493 e. The third-order valence-corrected chi connectivity index (χ3v) is 5.72. The van der Waals surface area contributed by atoms with E-state index in [1.54, 1.807) is 26.4 Å². The average Bonchev–Trinajstić information content (AvgIpc) is 3.06. The summed E-state index contributed by atoms with van der Waals surface area (Å²) in [6, 6.07) is 10.7. The number of hydrogen-bond donors (Lipinski definition) is 0. The van der Waals surface area contributed by atoms with Gasteiger partial charge in [0.15, 0.2) is 11.5 Å². The number of amides is 2. The van der Waals surface area contributed by atoms with Crippen molar-refractivity contribution in [1.29, 1.82) is 0 Å². The number of methoxy groups -OCH3 is 2. The lowest BCUT2D eigenvalue weighted by atomic mass is 9.97. The Morgan fingerprint density at radius 1 is 1.00 bits per heavy atom. The van der Waals surface area contributed by atoms with Crippen LogP contribution in [-0.2, 0) is 22.6 Å². The smallest absolute Gasteiger partial charge is 0.251 e. The van der Waals surface area contributed by atoms with Crippen molar-refractivity contribution in [2.75, 3.05) is 32.3 Å². The van der Waals surface area contributed by atoms with Gasteiger partial charge in [-0.1, -0.05) is 12.1 Å². The molecule has 4 rings (SSSR count). The van der Waals surface area contributed by atoms with Gasteiger partial charge in [-0.2, -0.15) is 0 Å². The minimum atomic E-state index is -0.478. The molecule has 2 aromatic rings. The van der Waals surface area contributed by atoms with Gasteiger partial charge in [-0.25, -0.2) is 4.90 Å². The molecule has 0 aliphatic carbocycles. The van der Waals surface area contributed by atoms with Crippen molar-refractivity contribution in [2.24, 2.45) is 0 Å². The number of rotatable bonds is 6. The molecule has 2 heterocycles. The minimum Gasteiger partial charge on any atom is -0.493 e. The van der Waals surface area contributed by atoms with Crippen molar-refractivity contribution in [1.82, 2.24) is 4.90 Å². The molecule has 7 nitrogen and oxygen atoms in total. The summed E-state index contributed by atoms with van der Waals surface area (Å²) >= 11 is 0. The number of carbonyl (C=O) groups excluding carboxylic acids is 2. The van der Waals surface area contributed by atoms with Crippen LogP contribution in [0.25, 0.3) is 0 Å². The first-order valence-electron chi connectivity index (χ1n) is 10.1. The van der Waals surface area contributed by atoms with Crippen molar-refractivity contribution in [2.45, 2.75) is 32.4 Å². The van der Waals surface area contributed by atoms with Gasteiger partial charge in [0.25, 0.3) is 5.91 Å². The second kappa shape index (κ2) is 8.36. The molecule has 0 spiro atoms. The van der Waals surface area contributed by atoms with Crippen molar-refractivity contribution < 1.29 is 23.8 Å². The van der Waals surface area contributed by atoms with Crippen molar-refractivity contribution >= 4 is 17.5 Å². The molecule has 1 fully saturated rings. The van der Waals surface area contributed by atoms with E-state index in [1.807, 2.05) is 31.2 Å². The van der Waals surface area contributed by atoms with Crippen LogP contribution in [0.4, 0.5) is 5.69 Å². The van der Waals surface area contributed by atoms with Crippen LogP contribution in [0.1, 0.15) is 24.5 Å². The van der Waals surface area contributed by atoms with E-state index in [9.17, 15) is 9.59 Å². The Balaban J connectivity index is 1.58. The summed E-state index contributed by atoms with van der Waals surface area (Å²) < 4.78 is 16.5. The first-order valence-corrected chi connectivity index (χ1v) is 10.1. The molecule has 2 aliphatic rings. The van der Waals surface area contributed by atoms with E-state index < -0.39 is 6.04 Å². The Morgan fingerprint density at radius 3 is 2.40 bits per heavy atom. The standard InChI is InChI=1S/C23H26N2O5/c1-4-30-19-8-6-5-7-17(19)25-22(26)13-18(23(25)27)24-10-9-15-11-20(28-2)21(29-3)12-16(15)14-24/h5-8,11-12,18H,4,9-10,13-14H2,1-3H3/t18-/m0/s1. The third-order valence-electron chi connectivity index (χ3n) is 5.72. The van der Waals surface area contributed by atoms with Crippen molar-refractivity contribution in [3.63, 3.8) is 0 Å². The highest BCUT2D eigenvalue weighted by Crippen LogP contribution is 2.37. The Kier molecular flexibility index (Phi) is 5.63. The maximum atomic E-state index is 13.3. The van der Waals surface area contributed by atoms with Crippen molar-refractivity contribution in [3.8, 4) is 17.2 Å². The van der Waals surface area contributed by atoms with Crippen LogP contribution < -0.4 is 19.1 Å². The minimum absolute atomic E-state index is 0.169. The lowest BCUT2D eigenvalue weighted by Crippen LogP contribution is -2.44. The van der Waals surface area contributed by atoms with Gasteiger partial charge < -0.3 is 14.2 Å². The zero-order valence-electron chi connectivity index (χ0n) is 17.5. The maximum absolute atomic E-state index is 13.3. The molecule has 0 aromatic heterocycles. The molecule has 2 aromatic carbocycles. The van der Waals surface area contributed by atoms with E-state index in [0.717, 1.165) is 12.0 Å². The highest BCUT2D eigenvalue weighted by Gasteiger charge is 2.44. The summed E-state index contributed by atoms with van der Waals surface area (Å²) in [6.45, 7) is 3.62. The topological polar surface area (TPSA) is 68.3 Å². The van der Waals surface area contributed by atoms with E-state index in [1.165, 1.54) is 10.5 Å². The summed E-state index contributed by atoms with van der Waals surface area (Å²) in [4.78, 5) is 29.4. The van der Waals surface area contributed by atoms with Crippen LogP contribution in [0.15, 0.2) is 36.4 Å². The number of anilines is 1. The fourth-order valence-corrected chi connectivity index (χ4v) is 4.24. The fourth-order valence-electron chi connectivity index (χ4n) is 4.24.